The van der Waals surface area contributed by atoms with Crippen LogP contribution in [0.3, 0.4) is 0 Å². The molecule has 1 rings (SSSR count). The first-order valence-electron chi connectivity index (χ1n) is 6.36. The Bertz CT molecular complexity index is 550. The van der Waals surface area contributed by atoms with Crippen LogP contribution in [-0.2, 0) is 0 Å². The SMILES string of the molecule is CC(C)N(C)CCNC(=O)c1cc(Cl)c(Cl)c([N+](=O)[O-])c1. The van der Waals surface area contributed by atoms with Crippen molar-refractivity contribution in [2.45, 2.75) is 19.9 Å². The first-order valence-corrected chi connectivity index (χ1v) is 7.11. The summed E-state index contributed by atoms with van der Waals surface area (Å²) >= 11 is 11.5. The fourth-order valence-electron chi connectivity index (χ4n) is 1.54. The van der Waals surface area contributed by atoms with Crippen molar-refractivity contribution in [1.82, 2.24) is 10.2 Å². The molecule has 0 unspecified atom stereocenters. The van der Waals surface area contributed by atoms with Crippen LogP contribution in [0, 0.1) is 10.1 Å². The third kappa shape index (κ3) is 4.84. The van der Waals surface area contributed by atoms with Crippen LogP contribution in [0.15, 0.2) is 12.1 Å². The van der Waals surface area contributed by atoms with E-state index < -0.39 is 10.8 Å². The number of benzene rings is 1. The second kappa shape index (κ2) is 7.59. The minimum atomic E-state index is -0.669. The molecule has 21 heavy (non-hydrogen) atoms. The number of nitro benzene ring substituents is 1. The van der Waals surface area contributed by atoms with Crippen LogP contribution in [0.2, 0.25) is 10.0 Å². The Balaban J connectivity index is 2.77. The molecule has 0 atom stereocenters. The van der Waals surface area contributed by atoms with Gasteiger partial charge >= 0.3 is 0 Å². The average Bonchev–Trinajstić information content (AvgIpc) is 2.40. The summed E-state index contributed by atoms with van der Waals surface area (Å²) in [5.74, 6) is -0.422. The van der Waals surface area contributed by atoms with Gasteiger partial charge in [0.05, 0.1) is 9.95 Å². The number of nitrogens with zero attached hydrogens (tertiary/aromatic N) is 2. The third-order valence-corrected chi connectivity index (χ3v) is 3.89. The second-order valence-corrected chi connectivity index (χ2v) is 5.66. The number of carbonyl (C=O) groups is 1. The highest BCUT2D eigenvalue weighted by Gasteiger charge is 2.20. The number of rotatable bonds is 6. The van der Waals surface area contributed by atoms with Crippen molar-refractivity contribution < 1.29 is 9.72 Å². The molecule has 0 spiro atoms. The minimum Gasteiger partial charge on any atom is -0.351 e. The molecule has 1 aromatic rings. The molecule has 0 bridgehead atoms. The van der Waals surface area contributed by atoms with Crippen LogP contribution in [0.1, 0.15) is 24.2 Å². The van der Waals surface area contributed by atoms with E-state index in [2.05, 4.69) is 10.2 Å². The summed E-state index contributed by atoms with van der Waals surface area (Å²) in [6.45, 7) is 5.20. The van der Waals surface area contributed by atoms with Crippen LogP contribution in [0.25, 0.3) is 0 Å². The van der Waals surface area contributed by atoms with Gasteiger partial charge < -0.3 is 10.2 Å². The van der Waals surface area contributed by atoms with Crippen molar-refractivity contribution >= 4 is 34.8 Å². The van der Waals surface area contributed by atoms with Crippen molar-refractivity contribution in [3.05, 3.63) is 37.9 Å². The first kappa shape index (κ1) is 17.7. The number of carbonyl (C=O) groups excluding carboxylic acids is 1. The van der Waals surface area contributed by atoms with Crippen molar-refractivity contribution in [2.75, 3.05) is 20.1 Å². The van der Waals surface area contributed by atoms with Crippen LogP contribution in [0.5, 0.6) is 0 Å². The van der Waals surface area contributed by atoms with Crippen LogP contribution in [0.4, 0.5) is 5.69 Å². The molecule has 0 aromatic heterocycles. The lowest BCUT2D eigenvalue weighted by Crippen LogP contribution is -2.36. The third-order valence-electron chi connectivity index (χ3n) is 3.10. The van der Waals surface area contributed by atoms with E-state index in [4.69, 9.17) is 23.2 Å². The molecule has 0 aliphatic heterocycles. The maximum atomic E-state index is 12.0. The highest BCUT2D eigenvalue weighted by atomic mass is 35.5. The van der Waals surface area contributed by atoms with E-state index in [1.165, 1.54) is 6.07 Å². The predicted octanol–water partition coefficient (Wildman–Crippen LogP) is 2.97. The normalized spacial score (nSPS) is 11.0. The topological polar surface area (TPSA) is 75.5 Å². The molecule has 1 aromatic carbocycles. The van der Waals surface area contributed by atoms with Gasteiger partial charge in [0.2, 0.25) is 0 Å². The summed E-state index contributed by atoms with van der Waals surface area (Å²) < 4.78 is 0. The maximum Gasteiger partial charge on any atom is 0.290 e. The predicted molar refractivity (Wildman–Crippen MR) is 83.2 cm³/mol. The smallest absolute Gasteiger partial charge is 0.290 e. The molecular formula is C13H17Cl2N3O3. The highest BCUT2D eigenvalue weighted by Crippen LogP contribution is 2.32. The molecule has 0 saturated carbocycles. The van der Waals surface area contributed by atoms with E-state index in [9.17, 15) is 14.9 Å². The minimum absolute atomic E-state index is 0.0182. The van der Waals surface area contributed by atoms with Gasteiger partial charge in [-0.3, -0.25) is 14.9 Å². The molecule has 116 valence electrons. The van der Waals surface area contributed by atoms with E-state index in [0.29, 0.717) is 19.1 Å². The molecular weight excluding hydrogens is 317 g/mol. The second-order valence-electron chi connectivity index (χ2n) is 4.88. The lowest BCUT2D eigenvalue weighted by atomic mass is 10.2. The Labute approximate surface area is 133 Å². The van der Waals surface area contributed by atoms with Gasteiger partial charge in [-0.05, 0) is 27.0 Å². The van der Waals surface area contributed by atoms with Gasteiger partial charge in [0.25, 0.3) is 11.6 Å². The molecule has 0 radical (unpaired) electrons. The molecule has 0 aliphatic carbocycles. The fourth-order valence-corrected chi connectivity index (χ4v) is 1.94. The van der Waals surface area contributed by atoms with Crippen molar-refractivity contribution in [3.8, 4) is 0 Å². The van der Waals surface area contributed by atoms with E-state index >= 15 is 0 Å². The van der Waals surface area contributed by atoms with Gasteiger partial charge in [-0.1, -0.05) is 23.2 Å². The molecule has 1 amide bonds. The molecule has 0 fully saturated rings. The zero-order valence-electron chi connectivity index (χ0n) is 12.0. The summed E-state index contributed by atoms with van der Waals surface area (Å²) in [7, 11) is 1.95. The molecule has 0 heterocycles. The number of likely N-dealkylation sites (N-methyl/N-ethyl adjacent to an activating group) is 1. The lowest BCUT2D eigenvalue weighted by Gasteiger charge is -2.20. The summed E-state index contributed by atoms with van der Waals surface area (Å²) in [5, 5.41) is 13.4. The molecule has 0 aliphatic rings. The maximum absolute atomic E-state index is 12.0. The van der Waals surface area contributed by atoms with Crippen LogP contribution >= 0.6 is 23.2 Å². The Morgan fingerprint density at radius 2 is 2.05 bits per heavy atom. The van der Waals surface area contributed by atoms with E-state index in [-0.39, 0.29) is 21.3 Å². The Morgan fingerprint density at radius 3 is 2.57 bits per heavy atom. The zero-order valence-corrected chi connectivity index (χ0v) is 13.5. The van der Waals surface area contributed by atoms with Crippen molar-refractivity contribution in [3.63, 3.8) is 0 Å². The Hall–Kier alpha value is -1.37. The summed E-state index contributed by atoms with van der Waals surface area (Å²) in [5.41, 5.74) is -0.267. The first-order chi connectivity index (χ1) is 9.73. The van der Waals surface area contributed by atoms with Gasteiger partial charge in [0, 0.05) is 30.8 Å². The van der Waals surface area contributed by atoms with Crippen LogP contribution < -0.4 is 5.32 Å². The van der Waals surface area contributed by atoms with E-state index in [1.807, 2.05) is 20.9 Å². The van der Waals surface area contributed by atoms with Gasteiger partial charge in [-0.25, -0.2) is 0 Å². The number of nitrogens with one attached hydrogen (secondary N) is 1. The standard InChI is InChI=1S/C13H17Cl2N3O3/c1-8(2)17(3)5-4-16-13(19)9-6-10(14)12(15)11(7-9)18(20)21/h6-8H,4-5H2,1-3H3,(H,16,19). The Morgan fingerprint density at radius 1 is 1.43 bits per heavy atom. The largest absolute Gasteiger partial charge is 0.351 e. The van der Waals surface area contributed by atoms with Crippen molar-refractivity contribution in [2.24, 2.45) is 0 Å². The Kier molecular flexibility index (Phi) is 6.39. The number of halogens is 2. The molecule has 8 heteroatoms. The highest BCUT2D eigenvalue weighted by molar-refractivity contribution is 6.43. The van der Waals surface area contributed by atoms with Crippen LogP contribution in [-0.4, -0.2) is 41.9 Å². The van der Waals surface area contributed by atoms with Crippen molar-refractivity contribution in [1.29, 1.82) is 0 Å². The summed E-state index contributed by atoms with van der Waals surface area (Å²) in [6.07, 6.45) is 0. The number of nitro groups is 1. The van der Waals surface area contributed by atoms with E-state index in [1.54, 1.807) is 0 Å². The summed E-state index contributed by atoms with van der Waals surface area (Å²) in [4.78, 5) is 24.2. The van der Waals surface area contributed by atoms with Gasteiger partial charge in [-0.2, -0.15) is 0 Å². The van der Waals surface area contributed by atoms with Gasteiger partial charge in [0.1, 0.15) is 5.02 Å². The fraction of sp³-hybridized carbons (Fsp3) is 0.462. The van der Waals surface area contributed by atoms with Gasteiger partial charge in [0.15, 0.2) is 0 Å². The lowest BCUT2D eigenvalue weighted by molar-refractivity contribution is -0.384. The number of hydrogen-bond acceptors (Lipinski definition) is 4. The molecule has 6 nitrogen and oxygen atoms in total. The average molecular weight is 334 g/mol. The number of hydrogen-bond donors (Lipinski definition) is 1. The molecule has 1 N–H and O–H groups in total. The zero-order chi connectivity index (χ0) is 16.2. The number of amides is 1. The molecule has 0 saturated heterocycles. The summed E-state index contributed by atoms with van der Waals surface area (Å²) in [6, 6.07) is 2.81. The van der Waals surface area contributed by atoms with E-state index in [0.717, 1.165) is 6.07 Å². The van der Waals surface area contributed by atoms with Gasteiger partial charge in [-0.15, -0.1) is 0 Å². The monoisotopic (exact) mass is 333 g/mol. The quantitative estimate of drug-likeness (QED) is 0.641.